The Kier molecular flexibility index (Phi) is 7.12. The van der Waals surface area contributed by atoms with Crippen molar-refractivity contribution < 1.29 is 8.42 Å². The second kappa shape index (κ2) is 8.35. The van der Waals surface area contributed by atoms with Crippen molar-refractivity contribution in [2.45, 2.75) is 24.2 Å². The molecule has 1 unspecified atom stereocenters. The Morgan fingerprint density at radius 1 is 1.43 bits per heavy atom. The molecule has 21 heavy (non-hydrogen) atoms. The lowest BCUT2D eigenvalue weighted by molar-refractivity contribution is 0.358. The predicted octanol–water partition coefficient (Wildman–Crippen LogP) is 1.65. The van der Waals surface area contributed by atoms with E-state index in [1.807, 2.05) is 6.07 Å². The maximum absolute atomic E-state index is 12.1. The number of hydrogen-bond donors (Lipinski definition) is 2. The second-order valence-electron chi connectivity index (χ2n) is 5.04. The molecule has 1 atom stereocenters. The van der Waals surface area contributed by atoms with Crippen LogP contribution in [0.25, 0.3) is 0 Å². The predicted molar refractivity (Wildman–Crippen MR) is 83.8 cm³/mol. The molecular formula is C14H20ClN3O2S. The number of hydrogen-bond acceptors (Lipinski definition) is 4. The highest BCUT2D eigenvalue weighted by Crippen LogP contribution is 2.14. The first-order valence-electron chi connectivity index (χ1n) is 6.82. The molecule has 2 rings (SSSR count). The topological polar surface area (TPSA) is 82.0 Å². The fraction of sp³-hybridized carbons (Fsp3) is 0.500. The van der Waals surface area contributed by atoms with Gasteiger partial charge in [-0.2, -0.15) is 5.26 Å². The summed E-state index contributed by atoms with van der Waals surface area (Å²) in [5.41, 5.74) is 0.351. The normalized spacial score (nSPS) is 18.5. The lowest BCUT2D eigenvalue weighted by atomic mass is 9.96. The third-order valence-electron chi connectivity index (χ3n) is 3.52. The third kappa shape index (κ3) is 5.29. The molecular weight excluding hydrogens is 310 g/mol. The van der Waals surface area contributed by atoms with Crippen LogP contribution in [0.1, 0.15) is 24.8 Å². The summed E-state index contributed by atoms with van der Waals surface area (Å²) in [5, 5.41) is 12.1. The Bertz CT molecular complexity index is 592. The standard InChI is InChI=1S/C14H19N3O2S.ClH/c15-10-13-3-1-5-14(9-13)20(18,19)17-8-6-12-4-2-7-16-11-12;/h1,3,5,9,12,16-17H,2,4,6-8,11H2;1H. The number of nitrogens with zero attached hydrogens (tertiary/aromatic N) is 1. The summed E-state index contributed by atoms with van der Waals surface area (Å²) in [6.07, 6.45) is 3.14. The average molecular weight is 330 g/mol. The van der Waals surface area contributed by atoms with Gasteiger partial charge in [-0.3, -0.25) is 0 Å². The van der Waals surface area contributed by atoms with Crippen LogP contribution in [0.3, 0.4) is 0 Å². The van der Waals surface area contributed by atoms with Crippen LogP contribution in [0.5, 0.6) is 0 Å². The molecule has 7 heteroatoms. The van der Waals surface area contributed by atoms with Crippen molar-refractivity contribution in [2.75, 3.05) is 19.6 Å². The molecule has 5 nitrogen and oxygen atoms in total. The van der Waals surface area contributed by atoms with Gasteiger partial charge in [-0.05, 0) is 56.5 Å². The fourth-order valence-electron chi connectivity index (χ4n) is 2.38. The zero-order chi connectivity index (χ0) is 14.4. The molecule has 0 saturated carbocycles. The van der Waals surface area contributed by atoms with Crippen molar-refractivity contribution >= 4 is 22.4 Å². The highest BCUT2D eigenvalue weighted by Gasteiger charge is 2.16. The van der Waals surface area contributed by atoms with Gasteiger partial charge in [0.05, 0.1) is 16.5 Å². The summed E-state index contributed by atoms with van der Waals surface area (Å²) in [6.45, 7) is 2.46. The van der Waals surface area contributed by atoms with Crippen LogP contribution in [0.15, 0.2) is 29.2 Å². The van der Waals surface area contributed by atoms with E-state index >= 15 is 0 Å². The molecule has 0 aromatic heterocycles. The zero-order valence-electron chi connectivity index (χ0n) is 11.7. The molecule has 1 aliphatic rings. The van der Waals surface area contributed by atoms with E-state index in [0.29, 0.717) is 18.0 Å². The molecule has 0 aliphatic carbocycles. The minimum Gasteiger partial charge on any atom is -0.316 e. The summed E-state index contributed by atoms with van der Waals surface area (Å²) in [6, 6.07) is 8.02. The van der Waals surface area contributed by atoms with E-state index in [2.05, 4.69) is 10.0 Å². The first-order chi connectivity index (χ1) is 9.62. The first-order valence-corrected chi connectivity index (χ1v) is 8.31. The van der Waals surface area contributed by atoms with E-state index in [4.69, 9.17) is 5.26 Å². The molecule has 1 aliphatic heterocycles. The number of nitriles is 1. The third-order valence-corrected chi connectivity index (χ3v) is 4.98. The molecule has 2 N–H and O–H groups in total. The lowest BCUT2D eigenvalue weighted by Crippen LogP contribution is -2.33. The largest absolute Gasteiger partial charge is 0.316 e. The van der Waals surface area contributed by atoms with Crippen LogP contribution in [-0.4, -0.2) is 28.1 Å². The average Bonchev–Trinajstić information content (AvgIpc) is 2.48. The molecule has 1 saturated heterocycles. The number of nitrogens with one attached hydrogen (secondary N) is 2. The van der Waals surface area contributed by atoms with Crippen LogP contribution >= 0.6 is 12.4 Å². The zero-order valence-corrected chi connectivity index (χ0v) is 13.3. The fourth-order valence-corrected chi connectivity index (χ4v) is 3.48. The first kappa shape index (κ1) is 17.9. The summed E-state index contributed by atoms with van der Waals surface area (Å²) < 4.78 is 26.8. The summed E-state index contributed by atoms with van der Waals surface area (Å²) in [5.74, 6) is 0.539. The van der Waals surface area contributed by atoms with Crippen molar-refractivity contribution in [3.8, 4) is 6.07 Å². The number of sulfonamides is 1. The van der Waals surface area contributed by atoms with E-state index < -0.39 is 10.0 Å². The quantitative estimate of drug-likeness (QED) is 0.860. The van der Waals surface area contributed by atoms with Crippen LogP contribution in [0, 0.1) is 17.2 Å². The van der Waals surface area contributed by atoms with Crippen molar-refractivity contribution in [3.63, 3.8) is 0 Å². The van der Waals surface area contributed by atoms with Gasteiger partial charge >= 0.3 is 0 Å². The van der Waals surface area contributed by atoms with Crippen LogP contribution in [-0.2, 0) is 10.0 Å². The highest BCUT2D eigenvalue weighted by atomic mass is 35.5. The van der Waals surface area contributed by atoms with E-state index in [9.17, 15) is 8.42 Å². The molecule has 116 valence electrons. The minimum absolute atomic E-state index is 0. The monoisotopic (exact) mass is 329 g/mol. The van der Waals surface area contributed by atoms with Gasteiger partial charge in [0, 0.05) is 6.54 Å². The molecule has 1 aromatic rings. The number of benzene rings is 1. The van der Waals surface area contributed by atoms with Gasteiger partial charge in [0.2, 0.25) is 10.0 Å². The molecule has 0 radical (unpaired) electrons. The van der Waals surface area contributed by atoms with E-state index in [0.717, 1.165) is 32.4 Å². The van der Waals surface area contributed by atoms with Gasteiger partial charge in [0.15, 0.2) is 0 Å². The lowest BCUT2D eigenvalue weighted by Gasteiger charge is -2.22. The Balaban J connectivity index is 0.00000220. The minimum atomic E-state index is -3.52. The van der Waals surface area contributed by atoms with Gasteiger partial charge in [-0.25, -0.2) is 13.1 Å². The van der Waals surface area contributed by atoms with Crippen molar-refractivity contribution in [2.24, 2.45) is 5.92 Å². The van der Waals surface area contributed by atoms with Crippen molar-refractivity contribution in [1.29, 1.82) is 5.26 Å². The number of piperidine rings is 1. The molecule has 1 aromatic carbocycles. The maximum Gasteiger partial charge on any atom is 0.240 e. The number of rotatable bonds is 5. The summed E-state index contributed by atoms with van der Waals surface area (Å²) >= 11 is 0. The maximum atomic E-state index is 12.1. The van der Waals surface area contributed by atoms with E-state index in [1.165, 1.54) is 12.1 Å². The van der Waals surface area contributed by atoms with Crippen LogP contribution in [0.2, 0.25) is 0 Å². The van der Waals surface area contributed by atoms with E-state index in [-0.39, 0.29) is 17.3 Å². The molecule has 1 fully saturated rings. The van der Waals surface area contributed by atoms with Gasteiger partial charge in [-0.15, -0.1) is 12.4 Å². The SMILES string of the molecule is Cl.N#Cc1cccc(S(=O)(=O)NCCC2CCCNC2)c1. The number of halogens is 1. The summed E-state index contributed by atoms with van der Waals surface area (Å²) in [7, 11) is -3.52. The molecule has 0 amide bonds. The van der Waals surface area contributed by atoms with E-state index in [1.54, 1.807) is 12.1 Å². The van der Waals surface area contributed by atoms with Crippen molar-refractivity contribution in [1.82, 2.24) is 10.0 Å². The Hall–Kier alpha value is -1.13. The smallest absolute Gasteiger partial charge is 0.240 e. The Labute approximate surface area is 132 Å². The van der Waals surface area contributed by atoms with Crippen LogP contribution in [0.4, 0.5) is 0 Å². The van der Waals surface area contributed by atoms with Gasteiger partial charge < -0.3 is 5.32 Å². The highest BCUT2D eigenvalue weighted by molar-refractivity contribution is 7.89. The molecule has 1 heterocycles. The molecule has 0 spiro atoms. The summed E-state index contributed by atoms with van der Waals surface area (Å²) in [4.78, 5) is 0.151. The van der Waals surface area contributed by atoms with Gasteiger partial charge in [0.1, 0.15) is 0 Å². The Morgan fingerprint density at radius 2 is 2.24 bits per heavy atom. The molecule has 0 bridgehead atoms. The van der Waals surface area contributed by atoms with Gasteiger partial charge in [-0.1, -0.05) is 6.07 Å². The Morgan fingerprint density at radius 3 is 2.90 bits per heavy atom. The van der Waals surface area contributed by atoms with Gasteiger partial charge in [0.25, 0.3) is 0 Å². The van der Waals surface area contributed by atoms with Crippen LogP contribution < -0.4 is 10.0 Å². The second-order valence-corrected chi connectivity index (χ2v) is 6.81. The van der Waals surface area contributed by atoms with Crippen molar-refractivity contribution in [3.05, 3.63) is 29.8 Å².